The van der Waals surface area contributed by atoms with Gasteiger partial charge in [-0.25, -0.2) is 9.78 Å². The number of hydrogen-bond donors (Lipinski definition) is 2. The first kappa shape index (κ1) is 28.9. The van der Waals surface area contributed by atoms with Crippen LogP contribution in [0.25, 0.3) is 11.3 Å². The second-order valence-corrected chi connectivity index (χ2v) is 9.76. The van der Waals surface area contributed by atoms with Gasteiger partial charge in [-0.3, -0.25) is 9.59 Å². The molecule has 0 radical (unpaired) electrons. The van der Waals surface area contributed by atoms with Crippen molar-refractivity contribution < 1.29 is 33.0 Å². The number of aromatic nitrogens is 1. The maximum Gasteiger partial charge on any atom is 0.338 e. The van der Waals surface area contributed by atoms with Crippen molar-refractivity contribution in [2.45, 2.75) is 32.4 Å². The number of carbonyl (C=O) groups excluding carboxylic acids is 3. The molecule has 0 atom stereocenters. The molecule has 0 aliphatic heterocycles. The first-order valence-electron chi connectivity index (χ1n) is 12.9. The smallest absolute Gasteiger partial charge is 0.338 e. The van der Waals surface area contributed by atoms with Crippen LogP contribution in [-0.4, -0.2) is 42.0 Å². The van der Waals surface area contributed by atoms with E-state index in [1.807, 2.05) is 30.3 Å². The van der Waals surface area contributed by atoms with Gasteiger partial charge in [-0.15, -0.1) is 0 Å². The van der Waals surface area contributed by atoms with E-state index < -0.39 is 23.3 Å². The number of oxazole rings is 1. The molecule has 4 rings (SSSR count). The van der Waals surface area contributed by atoms with Crippen molar-refractivity contribution >= 4 is 23.5 Å². The number of rotatable bonds is 11. The third-order valence-corrected chi connectivity index (χ3v) is 6.11. The third-order valence-electron chi connectivity index (χ3n) is 6.11. The minimum absolute atomic E-state index is 0.195. The number of benzene rings is 3. The molecule has 2 amide bonds. The zero-order valence-electron chi connectivity index (χ0n) is 23.0. The summed E-state index contributed by atoms with van der Waals surface area (Å²) in [6.45, 7) is 4.05. The highest BCUT2D eigenvalue weighted by atomic mass is 16.5. The lowest BCUT2D eigenvalue weighted by Crippen LogP contribution is -2.48. The van der Waals surface area contributed by atoms with Crippen LogP contribution >= 0.6 is 0 Å². The highest BCUT2D eigenvalue weighted by molar-refractivity contribution is 6.39. The monoisotopic (exact) mass is 557 g/mol. The van der Waals surface area contributed by atoms with Crippen molar-refractivity contribution in [2.75, 3.05) is 19.0 Å². The Morgan fingerprint density at radius 3 is 2.39 bits per heavy atom. The molecule has 0 aliphatic carbocycles. The molecule has 1 heterocycles. The second-order valence-electron chi connectivity index (χ2n) is 9.76. The second kappa shape index (κ2) is 13.3. The van der Waals surface area contributed by atoms with E-state index in [0.29, 0.717) is 40.5 Å². The summed E-state index contributed by atoms with van der Waals surface area (Å²) >= 11 is 0. The lowest BCUT2D eigenvalue weighted by atomic mass is 10.0. The van der Waals surface area contributed by atoms with Gasteiger partial charge < -0.3 is 29.3 Å². The van der Waals surface area contributed by atoms with Crippen LogP contribution in [0.15, 0.2) is 89.8 Å². The summed E-state index contributed by atoms with van der Waals surface area (Å²) in [5.41, 5.74) is 1.64. The van der Waals surface area contributed by atoms with Gasteiger partial charge in [0.2, 0.25) is 0 Å². The van der Waals surface area contributed by atoms with Gasteiger partial charge in [0.05, 0.1) is 31.0 Å². The highest BCUT2D eigenvalue weighted by Crippen LogP contribution is 2.32. The first-order chi connectivity index (χ1) is 19.7. The Bertz CT molecular complexity index is 1470. The maximum atomic E-state index is 12.6. The summed E-state index contributed by atoms with van der Waals surface area (Å²) in [7, 11) is 1.49. The molecular weight excluding hydrogens is 526 g/mol. The molecule has 0 aliphatic rings. The van der Waals surface area contributed by atoms with Crippen molar-refractivity contribution in [3.63, 3.8) is 0 Å². The molecule has 0 unspecified atom stereocenters. The summed E-state index contributed by atoms with van der Waals surface area (Å²) in [6, 6.07) is 21.0. The molecule has 0 saturated carbocycles. The molecular formula is C31H31N3O7. The quantitative estimate of drug-likeness (QED) is 0.195. The molecule has 10 nitrogen and oxygen atoms in total. The Morgan fingerprint density at radius 2 is 1.71 bits per heavy atom. The molecule has 10 heteroatoms. The van der Waals surface area contributed by atoms with E-state index >= 15 is 0 Å². The topological polar surface area (TPSA) is 129 Å². The molecule has 41 heavy (non-hydrogen) atoms. The van der Waals surface area contributed by atoms with E-state index in [0.717, 1.165) is 5.56 Å². The minimum Gasteiger partial charge on any atom is -0.496 e. The van der Waals surface area contributed by atoms with Crippen LogP contribution in [0, 0.1) is 0 Å². The molecule has 0 fully saturated rings. The number of nitrogens with one attached hydrogen (secondary N) is 2. The number of esters is 1. The van der Waals surface area contributed by atoms with Crippen molar-refractivity contribution in [1.29, 1.82) is 0 Å². The van der Waals surface area contributed by atoms with E-state index in [-0.39, 0.29) is 13.2 Å². The van der Waals surface area contributed by atoms with E-state index in [9.17, 15) is 14.4 Å². The zero-order valence-corrected chi connectivity index (χ0v) is 23.0. The van der Waals surface area contributed by atoms with Gasteiger partial charge in [0, 0.05) is 23.7 Å². The van der Waals surface area contributed by atoms with Crippen molar-refractivity contribution in [3.8, 4) is 22.8 Å². The highest BCUT2D eigenvalue weighted by Gasteiger charge is 2.25. The molecule has 4 aromatic rings. The number of nitrogens with zero attached hydrogens (tertiary/aromatic N) is 1. The van der Waals surface area contributed by atoms with Crippen LogP contribution in [0.1, 0.15) is 36.2 Å². The van der Waals surface area contributed by atoms with Gasteiger partial charge in [0.1, 0.15) is 18.1 Å². The number of carbonyl (C=O) groups is 3. The van der Waals surface area contributed by atoms with Gasteiger partial charge in [0.25, 0.3) is 0 Å². The number of ether oxygens (including phenoxy) is 3. The van der Waals surface area contributed by atoms with Crippen LogP contribution in [0.3, 0.4) is 0 Å². The van der Waals surface area contributed by atoms with Crippen LogP contribution in [0.2, 0.25) is 0 Å². The molecule has 212 valence electrons. The Morgan fingerprint density at radius 1 is 0.951 bits per heavy atom. The van der Waals surface area contributed by atoms with Gasteiger partial charge in [-0.1, -0.05) is 30.3 Å². The number of hydrogen-bond acceptors (Lipinski definition) is 8. The van der Waals surface area contributed by atoms with Gasteiger partial charge >= 0.3 is 17.8 Å². The summed E-state index contributed by atoms with van der Waals surface area (Å²) in [4.78, 5) is 41.3. The molecule has 1 aromatic heterocycles. The standard InChI is InChI=1S/C31H31N3O7/c1-31(2,15-16-39-24-12-9-22(10-13-24)30(37)40-19-21-7-5-4-6-8-21)34-29(36)28(35)33-23-11-14-25(26(17-23)38-3)27-18-32-20-41-27/h4-14,17-18,20H,15-16,19H2,1-3H3,(H,33,35)(H,34,36). The fraction of sp³-hybridized carbons (Fsp3) is 0.226. The van der Waals surface area contributed by atoms with Gasteiger partial charge in [-0.05, 0) is 55.8 Å². The summed E-state index contributed by atoms with van der Waals surface area (Å²) in [6.07, 6.45) is 3.28. The SMILES string of the molecule is COc1cc(NC(=O)C(=O)NC(C)(C)CCOc2ccc(C(=O)OCc3ccccc3)cc2)ccc1-c1cnco1. The fourth-order valence-corrected chi connectivity index (χ4v) is 3.85. The Labute approximate surface area is 237 Å². The summed E-state index contributed by atoms with van der Waals surface area (Å²) in [5, 5.41) is 5.31. The lowest BCUT2D eigenvalue weighted by Gasteiger charge is -2.26. The zero-order chi connectivity index (χ0) is 29.2. The predicted octanol–water partition coefficient (Wildman–Crippen LogP) is 5.01. The van der Waals surface area contributed by atoms with E-state index in [1.54, 1.807) is 62.5 Å². The first-order valence-corrected chi connectivity index (χ1v) is 12.9. The minimum atomic E-state index is -0.816. The molecule has 3 aromatic carbocycles. The normalized spacial score (nSPS) is 10.9. The van der Waals surface area contributed by atoms with Crippen molar-refractivity contribution in [3.05, 3.63) is 96.5 Å². The average molecular weight is 558 g/mol. The fourth-order valence-electron chi connectivity index (χ4n) is 3.85. The van der Waals surface area contributed by atoms with Crippen LogP contribution in [0.5, 0.6) is 11.5 Å². The van der Waals surface area contributed by atoms with Crippen LogP contribution in [-0.2, 0) is 20.9 Å². The molecule has 0 saturated heterocycles. The average Bonchev–Trinajstić information content (AvgIpc) is 3.51. The van der Waals surface area contributed by atoms with Gasteiger partial charge in [-0.2, -0.15) is 0 Å². The van der Waals surface area contributed by atoms with E-state index in [1.165, 1.54) is 13.5 Å². The number of amides is 2. The van der Waals surface area contributed by atoms with Crippen molar-refractivity contribution in [1.82, 2.24) is 10.3 Å². The largest absolute Gasteiger partial charge is 0.496 e. The lowest BCUT2D eigenvalue weighted by molar-refractivity contribution is -0.137. The summed E-state index contributed by atoms with van der Waals surface area (Å²) in [5.74, 6) is -0.498. The van der Waals surface area contributed by atoms with E-state index in [2.05, 4.69) is 15.6 Å². The van der Waals surface area contributed by atoms with Crippen LogP contribution in [0.4, 0.5) is 5.69 Å². The molecule has 0 spiro atoms. The maximum absolute atomic E-state index is 12.6. The Balaban J connectivity index is 1.22. The molecule has 0 bridgehead atoms. The third kappa shape index (κ3) is 8.18. The number of anilines is 1. The molecule has 2 N–H and O–H groups in total. The number of methoxy groups -OCH3 is 1. The Hall–Kier alpha value is -5.12. The van der Waals surface area contributed by atoms with Crippen LogP contribution < -0.4 is 20.1 Å². The van der Waals surface area contributed by atoms with Gasteiger partial charge in [0.15, 0.2) is 12.2 Å². The Kier molecular flexibility index (Phi) is 9.36. The summed E-state index contributed by atoms with van der Waals surface area (Å²) < 4.78 is 21.8. The predicted molar refractivity (Wildman–Crippen MR) is 151 cm³/mol. The van der Waals surface area contributed by atoms with Crippen molar-refractivity contribution in [2.24, 2.45) is 0 Å². The van der Waals surface area contributed by atoms with E-state index in [4.69, 9.17) is 18.6 Å².